The van der Waals surface area contributed by atoms with Crippen molar-refractivity contribution in [2.45, 2.75) is 33.1 Å². The number of aryl methyl sites for hydroxylation is 2. The minimum absolute atomic E-state index is 0.424. The fourth-order valence-corrected chi connectivity index (χ4v) is 11.3. The summed E-state index contributed by atoms with van der Waals surface area (Å²) in [5, 5.41) is 4.84. The third-order valence-corrected chi connectivity index (χ3v) is 15.0. The highest BCUT2D eigenvalue weighted by Crippen LogP contribution is 2.54. The van der Waals surface area contributed by atoms with Crippen LogP contribution in [0.2, 0.25) is 10.0 Å². The molecule has 0 unspecified atom stereocenters. The number of benzene rings is 6. The van der Waals surface area contributed by atoms with Gasteiger partial charge in [0.2, 0.25) is 0 Å². The molecule has 6 aromatic carbocycles. The molecule has 71 heavy (non-hydrogen) atoms. The maximum atomic E-state index is 6.62. The van der Waals surface area contributed by atoms with Gasteiger partial charge < -0.3 is 57.8 Å². The third kappa shape index (κ3) is 7.01. The lowest BCUT2D eigenvalue weighted by Crippen LogP contribution is -2.01. The van der Waals surface area contributed by atoms with Gasteiger partial charge in [0.05, 0.1) is 101 Å². The van der Waals surface area contributed by atoms with E-state index in [0.29, 0.717) is 75.3 Å². The Hall–Kier alpha value is -7.54. The van der Waals surface area contributed by atoms with Crippen molar-refractivity contribution in [2.75, 3.05) is 56.9 Å². The Balaban J connectivity index is 1.36. The Morgan fingerprint density at radius 2 is 0.718 bits per heavy atom. The predicted molar refractivity (Wildman–Crippen MR) is 283 cm³/mol. The van der Waals surface area contributed by atoms with E-state index in [1.54, 1.807) is 56.9 Å². The summed E-state index contributed by atoms with van der Waals surface area (Å²) >= 11 is 13.2. The summed E-state index contributed by atoms with van der Waals surface area (Å²) < 4.78 is 50.1. The van der Waals surface area contributed by atoms with Crippen LogP contribution in [0.15, 0.2) is 72.8 Å². The summed E-state index contributed by atoms with van der Waals surface area (Å²) in [7, 11) is 13.5. The summed E-state index contributed by atoms with van der Waals surface area (Å²) in [5.74, 6) is 5.16. The van der Waals surface area contributed by atoms with Crippen LogP contribution in [0.5, 0.6) is 46.0 Å². The molecular weight excluding hydrogens is 940 g/mol. The molecular formula is C57H52Cl2N4O8. The number of halogens is 2. The van der Waals surface area contributed by atoms with E-state index in [4.69, 9.17) is 61.1 Å². The molecule has 1 aliphatic heterocycles. The van der Waals surface area contributed by atoms with Crippen LogP contribution in [0.4, 0.5) is 0 Å². The van der Waals surface area contributed by atoms with Gasteiger partial charge in [0, 0.05) is 109 Å². The second-order valence-corrected chi connectivity index (χ2v) is 18.7. The first kappa shape index (κ1) is 45.9. The van der Waals surface area contributed by atoms with E-state index >= 15 is 0 Å². The van der Waals surface area contributed by atoms with E-state index in [0.717, 1.165) is 122 Å². The van der Waals surface area contributed by atoms with Gasteiger partial charge in [-0.3, -0.25) is 0 Å². The molecule has 0 amide bonds. The number of rotatable bonds is 10. The zero-order valence-electron chi connectivity index (χ0n) is 41.1. The number of fused-ring (bicyclic) bond motifs is 5. The van der Waals surface area contributed by atoms with Crippen molar-refractivity contribution in [3.63, 3.8) is 0 Å². The summed E-state index contributed by atoms with van der Waals surface area (Å²) in [6, 6.07) is 23.6. The first-order valence-electron chi connectivity index (χ1n) is 23.1. The second kappa shape index (κ2) is 17.7. The molecule has 4 aromatic heterocycles. The van der Waals surface area contributed by atoms with Crippen molar-refractivity contribution < 1.29 is 37.9 Å². The van der Waals surface area contributed by atoms with Crippen molar-refractivity contribution in [1.82, 2.24) is 19.9 Å². The van der Waals surface area contributed by atoms with Crippen LogP contribution in [0.25, 0.3) is 77.1 Å². The van der Waals surface area contributed by atoms with E-state index in [1.165, 1.54) is 0 Å². The first-order valence-corrected chi connectivity index (χ1v) is 23.9. The number of nitrogens with one attached hydrogen (secondary N) is 4. The Bertz CT molecular complexity index is 3770. The number of hydrogen-bond acceptors (Lipinski definition) is 8. The van der Waals surface area contributed by atoms with Gasteiger partial charge >= 0.3 is 0 Å². The highest BCUT2D eigenvalue weighted by Gasteiger charge is 2.32. The molecule has 0 saturated carbocycles. The molecule has 0 saturated heterocycles. The van der Waals surface area contributed by atoms with Crippen LogP contribution < -0.4 is 37.9 Å². The number of ether oxygens (including phenoxy) is 8. The highest BCUT2D eigenvalue weighted by atomic mass is 35.5. The smallest absolute Gasteiger partial charge is 0.134 e. The van der Waals surface area contributed by atoms with Gasteiger partial charge in [-0.2, -0.15) is 0 Å². The molecule has 0 spiro atoms. The minimum atomic E-state index is 0.424. The molecule has 0 fully saturated rings. The predicted octanol–water partition coefficient (Wildman–Crippen LogP) is 13.7. The van der Waals surface area contributed by atoms with Crippen molar-refractivity contribution >= 4 is 66.8 Å². The first-order chi connectivity index (χ1) is 34.5. The second-order valence-electron chi connectivity index (χ2n) is 17.8. The van der Waals surface area contributed by atoms with Gasteiger partial charge in [-0.15, -0.1) is 0 Å². The Morgan fingerprint density at radius 3 is 1.18 bits per heavy atom. The lowest BCUT2D eigenvalue weighted by atomic mass is 9.93. The van der Waals surface area contributed by atoms with Crippen molar-refractivity contribution in [2.24, 2.45) is 0 Å². The molecule has 14 heteroatoms. The summed E-state index contributed by atoms with van der Waals surface area (Å²) in [4.78, 5) is 15.8. The quantitative estimate of drug-likeness (QED) is 0.106. The number of hydrogen-bond donors (Lipinski definition) is 4. The van der Waals surface area contributed by atoms with E-state index in [1.807, 2.05) is 72.8 Å². The molecule has 0 atom stereocenters. The molecule has 10 aromatic rings. The average Bonchev–Trinajstić information content (AvgIpc) is 4.14. The van der Waals surface area contributed by atoms with Crippen molar-refractivity contribution in [3.05, 3.63) is 128 Å². The molecule has 1 aliphatic rings. The fourth-order valence-electron chi connectivity index (χ4n) is 11.1. The van der Waals surface area contributed by atoms with Gasteiger partial charge in [-0.1, -0.05) is 47.5 Å². The van der Waals surface area contributed by atoms with Gasteiger partial charge in [-0.05, 0) is 60.4 Å². The van der Waals surface area contributed by atoms with E-state index < -0.39 is 0 Å². The number of aromatic nitrogens is 4. The topological polar surface area (TPSA) is 137 Å². The van der Waals surface area contributed by atoms with Gasteiger partial charge in [0.1, 0.15) is 46.0 Å². The van der Waals surface area contributed by atoms with Crippen LogP contribution in [0.3, 0.4) is 0 Å². The maximum Gasteiger partial charge on any atom is 0.134 e. The fraction of sp³-hybridized carbons (Fsp3) is 0.228. The van der Waals surface area contributed by atoms with Crippen LogP contribution in [-0.2, 0) is 19.3 Å². The third-order valence-electron chi connectivity index (χ3n) is 14.4. The van der Waals surface area contributed by atoms with Crippen LogP contribution in [-0.4, -0.2) is 76.8 Å². The molecule has 5 heterocycles. The minimum Gasteiger partial charge on any atom is -0.496 e. The monoisotopic (exact) mass is 990 g/mol. The lowest BCUT2D eigenvalue weighted by Gasteiger charge is -2.17. The average molecular weight is 992 g/mol. The maximum absolute atomic E-state index is 6.62. The molecule has 11 rings (SSSR count). The SMILES string of the molecule is COc1cc(OC)c2c(C)c3[nH]c2c1Cc1c(OC)cc(OC)c2c(C)c([nH]c12)Cc1c(OC)cc(OC)c2c(-c4ccc(Cl)cc4)c([nH]c12)-c1c(OC)cc(OC)c2c(-c4ccc(Cl)cc4)c([nH]c12)C3. The molecule has 0 aliphatic carbocycles. The van der Waals surface area contributed by atoms with E-state index in [9.17, 15) is 0 Å². The summed E-state index contributed by atoms with van der Waals surface area (Å²) in [6.07, 6.45) is 1.30. The van der Waals surface area contributed by atoms with Gasteiger partial charge in [-0.25, -0.2) is 0 Å². The highest BCUT2D eigenvalue weighted by molar-refractivity contribution is 6.31. The Labute approximate surface area is 420 Å². The molecule has 0 radical (unpaired) electrons. The van der Waals surface area contributed by atoms with Crippen LogP contribution in [0.1, 0.15) is 44.9 Å². The Kier molecular flexibility index (Phi) is 11.4. The zero-order valence-corrected chi connectivity index (χ0v) is 42.6. The molecule has 4 N–H and O–H groups in total. The number of aromatic amines is 4. The molecule has 8 bridgehead atoms. The summed E-state index contributed by atoms with van der Waals surface area (Å²) in [5.41, 5.74) is 16.3. The van der Waals surface area contributed by atoms with E-state index in [-0.39, 0.29) is 0 Å². The van der Waals surface area contributed by atoms with Gasteiger partial charge in [0.25, 0.3) is 0 Å². The van der Waals surface area contributed by atoms with E-state index in [2.05, 4.69) is 33.8 Å². The summed E-state index contributed by atoms with van der Waals surface area (Å²) in [6.45, 7) is 4.26. The van der Waals surface area contributed by atoms with Crippen molar-refractivity contribution in [1.29, 1.82) is 0 Å². The number of methoxy groups -OCH3 is 8. The molecule has 12 nitrogen and oxygen atoms in total. The van der Waals surface area contributed by atoms with Gasteiger partial charge in [0.15, 0.2) is 0 Å². The number of H-pyrrole nitrogens is 4. The largest absolute Gasteiger partial charge is 0.496 e. The van der Waals surface area contributed by atoms with Crippen LogP contribution in [0, 0.1) is 13.8 Å². The zero-order chi connectivity index (χ0) is 49.6. The Morgan fingerprint density at radius 1 is 0.352 bits per heavy atom. The normalized spacial score (nSPS) is 12.3. The molecule has 362 valence electrons. The van der Waals surface area contributed by atoms with Crippen molar-refractivity contribution in [3.8, 4) is 79.5 Å². The van der Waals surface area contributed by atoms with Crippen LogP contribution >= 0.6 is 23.2 Å². The standard InChI is InChI=1S/C57H52Cl2N4O8/c1-26-35-20-34-40(66-5)24-43(69-8)51-49(29-13-17-31(59)18-14-29)56(63-55(34)51)52-45(71-10)25-44(70-9)50-48(28-11-15-30(58)16-12-28)37(62-57(50)52)21-36-27(2)47-42(68-7)23-39(65-4)33(54(47)61-36)19-32-38(64-3)22-41(67-6)46(26)53(32)60-35/h11-18,22-25,60-63H,19-21H2,1-10H3. The lowest BCUT2D eigenvalue weighted by molar-refractivity contribution is 0.392.